The number of ether oxygens (including phenoxy) is 1. The van der Waals surface area contributed by atoms with Crippen molar-refractivity contribution in [2.24, 2.45) is 5.73 Å². The van der Waals surface area contributed by atoms with Crippen LogP contribution in [-0.2, 0) is 13.0 Å². The van der Waals surface area contributed by atoms with Crippen LogP contribution in [0.15, 0.2) is 39.3 Å². The van der Waals surface area contributed by atoms with E-state index in [4.69, 9.17) is 10.5 Å². The second kappa shape index (κ2) is 7.20. The van der Waals surface area contributed by atoms with E-state index >= 15 is 0 Å². The van der Waals surface area contributed by atoms with E-state index in [-0.39, 0.29) is 0 Å². The summed E-state index contributed by atoms with van der Waals surface area (Å²) in [6.45, 7) is 3.04. The molecule has 2 rings (SSSR count). The maximum atomic E-state index is 5.85. The molecule has 0 aliphatic rings. The quantitative estimate of drug-likeness (QED) is 0.826. The van der Waals surface area contributed by atoms with Gasteiger partial charge in [0.25, 0.3) is 0 Å². The summed E-state index contributed by atoms with van der Waals surface area (Å²) in [6.07, 6.45) is 0.844. The van der Waals surface area contributed by atoms with Gasteiger partial charge in [0.2, 0.25) is 0 Å². The van der Waals surface area contributed by atoms with Crippen molar-refractivity contribution < 1.29 is 4.74 Å². The van der Waals surface area contributed by atoms with Crippen molar-refractivity contribution >= 4 is 31.9 Å². The Morgan fingerprint density at radius 3 is 2.50 bits per heavy atom. The van der Waals surface area contributed by atoms with Crippen LogP contribution in [0.1, 0.15) is 17.0 Å². The molecule has 0 unspecified atom stereocenters. The van der Waals surface area contributed by atoms with E-state index in [1.807, 2.05) is 37.3 Å². The third-order valence-corrected chi connectivity index (χ3v) is 3.98. The third kappa shape index (κ3) is 4.04. The average Bonchev–Trinajstić information content (AvgIpc) is 2.38. The van der Waals surface area contributed by atoms with Gasteiger partial charge in [-0.1, -0.05) is 6.07 Å². The molecule has 0 aliphatic carbocycles. The van der Waals surface area contributed by atoms with E-state index in [9.17, 15) is 0 Å². The van der Waals surface area contributed by atoms with Crippen molar-refractivity contribution in [3.63, 3.8) is 0 Å². The summed E-state index contributed by atoms with van der Waals surface area (Å²) < 4.78 is 7.69. The minimum absolute atomic E-state index is 0.440. The van der Waals surface area contributed by atoms with Crippen LogP contribution in [0.25, 0.3) is 0 Å². The molecule has 2 aromatic rings. The highest BCUT2D eigenvalue weighted by atomic mass is 79.9. The monoisotopic (exact) mass is 398 g/mol. The first kappa shape index (κ1) is 15.5. The molecule has 0 amide bonds. The fourth-order valence-corrected chi connectivity index (χ4v) is 3.40. The van der Waals surface area contributed by atoms with Gasteiger partial charge >= 0.3 is 0 Å². The number of nitrogens with two attached hydrogens (primary N) is 1. The van der Waals surface area contributed by atoms with Crippen LogP contribution >= 0.6 is 31.9 Å². The number of benzene rings is 1. The maximum Gasteiger partial charge on any atom is 0.148 e. The number of halogens is 2. The lowest BCUT2D eigenvalue weighted by Gasteiger charge is -2.12. The summed E-state index contributed by atoms with van der Waals surface area (Å²) >= 11 is 7.08. The zero-order valence-corrected chi connectivity index (χ0v) is 14.4. The van der Waals surface area contributed by atoms with E-state index in [0.717, 1.165) is 32.5 Å². The molecule has 106 valence electrons. The molecule has 0 saturated heterocycles. The number of hydrogen-bond acceptors (Lipinski definition) is 3. The van der Waals surface area contributed by atoms with Gasteiger partial charge in [-0.2, -0.15) is 0 Å². The molecule has 0 saturated carbocycles. The second-order valence-corrected chi connectivity index (χ2v) is 6.19. The van der Waals surface area contributed by atoms with E-state index in [1.165, 1.54) is 5.56 Å². The molecule has 1 heterocycles. The molecule has 0 radical (unpaired) electrons. The lowest BCUT2D eigenvalue weighted by molar-refractivity contribution is 0.297. The highest BCUT2D eigenvalue weighted by Gasteiger charge is 2.09. The summed E-state index contributed by atoms with van der Waals surface area (Å²) in [5.41, 5.74) is 8.65. The lowest BCUT2D eigenvalue weighted by Crippen LogP contribution is -2.04. The number of nitrogens with zero attached hydrogens (tertiary/aromatic N) is 1. The number of aryl methyl sites for hydroxylation is 1. The summed E-state index contributed by atoms with van der Waals surface area (Å²) in [4.78, 5) is 4.42. The van der Waals surface area contributed by atoms with Crippen molar-refractivity contribution in [1.29, 1.82) is 0 Å². The Bertz CT molecular complexity index is 579. The van der Waals surface area contributed by atoms with E-state index in [0.29, 0.717) is 13.2 Å². The largest absolute Gasteiger partial charge is 0.485 e. The Kier molecular flexibility index (Phi) is 5.57. The standard InChI is InChI=1S/C15H16Br2N2O/c1-10-3-2-4-12(19-10)9-20-15-13(16)7-11(5-6-18)8-14(15)17/h2-4,7-8H,5-6,9,18H2,1H3. The molecule has 5 heteroatoms. The fraction of sp³-hybridized carbons (Fsp3) is 0.267. The van der Waals surface area contributed by atoms with Gasteiger partial charge in [-0.05, 0) is 81.6 Å². The van der Waals surface area contributed by atoms with Gasteiger partial charge in [-0.25, -0.2) is 0 Å². The predicted octanol–water partition coefficient (Wildman–Crippen LogP) is 4.00. The van der Waals surface area contributed by atoms with Gasteiger partial charge in [0.15, 0.2) is 0 Å². The molecule has 0 bridgehead atoms. The van der Waals surface area contributed by atoms with Gasteiger partial charge < -0.3 is 10.5 Å². The lowest BCUT2D eigenvalue weighted by atomic mass is 10.1. The van der Waals surface area contributed by atoms with E-state index in [1.54, 1.807) is 0 Å². The van der Waals surface area contributed by atoms with Gasteiger partial charge in [-0.15, -0.1) is 0 Å². The summed E-state index contributed by atoms with van der Waals surface area (Å²) in [7, 11) is 0. The molecule has 1 aromatic carbocycles. The number of pyridine rings is 1. The van der Waals surface area contributed by atoms with E-state index in [2.05, 4.69) is 36.8 Å². The molecule has 0 atom stereocenters. The third-order valence-electron chi connectivity index (χ3n) is 2.80. The van der Waals surface area contributed by atoms with Crippen LogP contribution in [0.3, 0.4) is 0 Å². The Labute approximate surface area is 135 Å². The molecular weight excluding hydrogens is 384 g/mol. The summed E-state index contributed by atoms with van der Waals surface area (Å²) in [5, 5.41) is 0. The van der Waals surface area contributed by atoms with Crippen molar-refractivity contribution in [1.82, 2.24) is 4.98 Å². The molecule has 20 heavy (non-hydrogen) atoms. The molecule has 0 aliphatic heterocycles. The highest BCUT2D eigenvalue weighted by molar-refractivity contribution is 9.11. The first-order valence-electron chi connectivity index (χ1n) is 6.33. The summed E-state index contributed by atoms with van der Waals surface area (Å²) in [5.74, 6) is 0.786. The Morgan fingerprint density at radius 2 is 1.90 bits per heavy atom. The maximum absolute atomic E-state index is 5.85. The van der Waals surface area contributed by atoms with Crippen LogP contribution in [-0.4, -0.2) is 11.5 Å². The van der Waals surface area contributed by atoms with Crippen molar-refractivity contribution in [2.45, 2.75) is 20.0 Å². The molecular formula is C15H16Br2N2O. The zero-order valence-electron chi connectivity index (χ0n) is 11.2. The van der Waals surface area contributed by atoms with Crippen LogP contribution in [0.2, 0.25) is 0 Å². The van der Waals surface area contributed by atoms with E-state index < -0.39 is 0 Å². The minimum atomic E-state index is 0.440. The number of aromatic nitrogens is 1. The zero-order chi connectivity index (χ0) is 14.5. The number of rotatable bonds is 5. The van der Waals surface area contributed by atoms with Gasteiger partial charge in [0.1, 0.15) is 12.4 Å². The number of hydrogen-bond donors (Lipinski definition) is 1. The molecule has 0 spiro atoms. The smallest absolute Gasteiger partial charge is 0.148 e. The van der Waals surface area contributed by atoms with Crippen LogP contribution < -0.4 is 10.5 Å². The van der Waals surface area contributed by atoms with Crippen molar-refractivity contribution in [2.75, 3.05) is 6.54 Å². The topological polar surface area (TPSA) is 48.1 Å². The molecule has 2 N–H and O–H groups in total. The average molecular weight is 400 g/mol. The molecule has 0 fully saturated rings. The molecule has 1 aromatic heterocycles. The Hall–Kier alpha value is -0.910. The fourth-order valence-electron chi connectivity index (χ4n) is 1.89. The van der Waals surface area contributed by atoms with Gasteiger partial charge in [-0.3, -0.25) is 4.98 Å². The van der Waals surface area contributed by atoms with Crippen LogP contribution in [0.4, 0.5) is 0 Å². The van der Waals surface area contributed by atoms with Gasteiger partial charge in [0, 0.05) is 5.69 Å². The first-order valence-corrected chi connectivity index (χ1v) is 7.92. The first-order chi connectivity index (χ1) is 9.60. The SMILES string of the molecule is Cc1cccc(COc2c(Br)cc(CCN)cc2Br)n1. The highest BCUT2D eigenvalue weighted by Crippen LogP contribution is 2.35. The van der Waals surface area contributed by atoms with Crippen LogP contribution in [0.5, 0.6) is 5.75 Å². The summed E-state index contributed by atoms with van der Waals surface area (Å²) in [6, 6.07) is 9.98. The van der Waals surface area contributed by atoms with Crippen molar-refractivity contribution in [3.05, 3.63) is 56.2 Å². The minimum Gasteiger partial charge on any atom is -0.485 e. The normalized spacial score (nSPS) is 10.6. The second-order valence-electron chi connectivity index (χ2n) is 4.49. The molecule has 3 nitrogen and oxygen atoms in total. The Balaban J connectivity index is 2.13. The van der Waals surface area contributed by atoms with Gasteiger partial charge in [0.05, 0.1) is 14.6 Å². The Morgan fingerprint density at radius 1 is 1.20 bits per heavy atom. The van der Waals surface area contributed by atoms with Crippen molar-refractivity contribution in [3.8, 4) is 5.75 Å². The predicted molar refractivity (Wildman–Crippen MR) is 87.9 cm³/mol. The van der Waals surface area contributed by atoms with Crippen LogP contribution in [0, 0.1) is 6.92 Å².